The second kappa shape index (κ2) is 12.0. The number of carbonyl (C=O) groups excluding carboxylic acids is 3. The zero-order valence-corrected chi connectivity index (χ0v) is 21.1. The lowest BCUT2D eigenvalue weighted by atomic mass is 10.0. The van der Waals surface area contributed by atoms with Crippen LogP contribution >= 0.6 is 0 Å². The van der Waals surface area contributed by atoms with E-state index in [1.54, 1.807) is 37.3 Å². The lowest BCUT2D eigenvalue weighted by Crippen LogP contribution is -2.30. The van der Waals surface area contributed by atoms with Gasteiger partial charge in [-0.3, -0.25) is 14.5 Å². The van der Waals surface area contributed by atoms with E-state index < -0.39 is 17.7 Å². The summed E-state index contributed by atoms with van der Waals surface area (Å²) in [5, 5.41) is 2.83. The van der Waals surface area contributed by atoms with Crippen LogP contribution in [-0.4, -0.2) is 38.0 Å². The Balaban J connectivity index is 1.42. The van der Waals surface area contributed by atoms with Crippen LogP contribution < -0.4 is 15.0 Å². The Hall–Kier alpha value is -4.72. The lowest BCUT2D eigenvalue weighted by Gasteiger charge is -2.17. The predicted molar refractivity (Wildman–Crippen MR) is 142 cm³/mol. The summed E-state index contributed by atoms with van der Waals surface area (Å²) in [4.78, 5) is 39.3. The van der Waals surface area contributed by atoms with E-state index in [1.165, 1.54) is 36.3 Å². The molecule has 0 fully saturated rings. The molecule has 0 radical (unpaired) electrons. The number of esters is 1. The number of hydrogen-bond donors (Lipinski definition) is 1. The predicted octanol–water partition coefficient (Wildman–Crippen LogP) is 4.44. The molecule has 1 aliphatic rings. The second-order valence-corrected chi connectivity index (χ2v) is 8.57. The zero-order chi connectivity index (χ0) is 27.1. The molecule has 194 valence electrons. The molecule has 7 nitrogen and oxygen atoms in total. The standard InChI is InChI=1S/C30H27FN2O5/c1-20-28(30(36)37-2)26(29(35)33(20)24-12-10-23(31)11-13-24)18-22-8-14-25(15-9-22)38-19-27(34)32-17-16-21-6-4-3-5-7-21/h3-15,18H,16-17,19H2,1-2H3,(H,32,34)/b26-18-. The molecule has 1 heterocycles. The molecule has 2 amide bonds. The first-order chi connectivity index (χ1) is 18.4. The van der Waals surface area contributed by atoms with E-state index in [-0.39, 0.29) is 23.7 Å². The number of rotatable bonds is 9. The van der Waals surface area contributed by atoms with Gasteiger partial charge in [0.05, 0.1) is 18.3 Å². The molecule has 38 heavy (non-hydrogen) atoms. The quantitative estimate of drug-likeness (QED) is 0.337. The van der Waals surface area contributed by atoms with Crippen molar-refractivity contribution in [2.75, 3.05) is 25.2 Å². The molecule has 0 atom stereocenters. The molecule has 1 N–H and O–H groups in total. The molecule has 3 aromatic carbocycles. The summed E-state index contributed by atoms with van der Waals surface area (Å²) in [7, 11) is 1.25. The van der Waals surface area contributed by atoms with E-state index in [2.05, 4.69) is 5.32 Å². The summed E-state index contributed by atoms with van der Waals surface area (Å²) in [6.45, 7) is 2.02. The highest BCUT2D eigenvalue weighted by Crippen LogP contribution is 2.35. The van der Waals surface area contributed by atoms with Gasteiger partial charge in [-0.05, 0) is 66.9 Å². The molecule has 4 rings (SSSR count). The second-order valence-electron chi connectivity index (χ2n) is 8.57. The number of allylic oxidation sites excluding steroid dienone is 1. The van der Waals surface area contributed by atoms with Gasteiger partial charge < -0.3 is 14.8 Å². The average Bonchev–Trinajstić information content (AvgIpc) is 3.17. The van der Waals surface area contributed by atoms with Crippen LogP contribution in [-0.2, 0) is 25.5 Å². The van der Waals surface area contributed by atoms with Gasteiger partial charge >= 0.3 is 5.97 Å². The molecule has 0 bridgehead atoms. The molecule has 0 aromatic heterocycles. The van der Waals surface area contributed by atoms with Crippen LogP contribution in [0, 0.1) is 5.82 Å². The number of ether oxygens (including phenoxy) is 2. The van der Waals surface area contributed by atoms with Gasteiger partial charge in [0.25, 0.3) is 11.8 Å². The Morgan fingerprint density at radius 1 is 0.974 bits per heavy atom. The highest BCUT2D eigenvalue weighted by atomic mass is 19.1. The Labute approximate surface area is 220 Å². The summed E-state index contributed by atoms with van der Waals surface area (Å²) >= 11 is 0. The third-order valence-electron chi connectivity index (χ3n) is 6.01. The summed E-state index contributed by atoms with van der Waals surface area (Å²) < 4.78 is 23.9. The highest BCUT2D eigenvalue weighted by Gasteiger charge is 2.37. The van der Waals surface area contributed by atoms with Crippen molar-refractivity contribution >= 4 is 29.5 Å². The van der Waals surface area contributed by atoms with Gasteiger partial charge in [-0.2, -0.15) is 0 Å². The fraction of sp³-hybridized carbons (Fsp3) is 0.167. The highest BCUT2D eigenvalue weighted by molar-refractivity contribution is 6.23. The summed E-state index contributed by atoms with van der Waals surface area (Å²) in [5.74, 6) is -1.26. The molecule has 0 spiro atoms. The smallest absolute Gasteiger partial charge is 0.340 e. The SMILES string of the molecule is COC(=O)C1=C(C)N(c2ccc(F)cc2)C(=O)/C1=C\c1ccc(OCC(=O)NCCc2ccccc2)cc1. The third kappa shape index (κ3) is 6.15. The van der Waals surface area contributed by atoms with Crippen LogP contribution in [0.15, 0.2) is 95.7 Å². The van der Waals surface area contributed by atoms with E-state index >= 15 is 0 Å². The first-order valence-corrected chi connectivity index (χ1v) is 12.0. The molecule has 0 aliphatic carbocycles. The van der Waals surface area contributed by atoms with Crippen LogP contribution in [0.5, 0.6) is 5.75 Å². The Morgan fingerprint density at radius 2 is 1.66 bits per heavy atom. The Morgan fingerprint density at radius 3 is 2.32 bits per heavy atom. The molecule has 0 saturated carbocycles. The average molecular weight is 515 g/mol. The minimum absolute atomic E-state index is 0.130. The lowest BCUT2D eigenvalue weighted by molar-refractivity contribution is -0.136. The van der Waals surface area contributed by atoms with Crippen molar-refractivity contribution < 1.29 is 28.2 Å². The molecular weight excluding hydrogens is 487 g/mol. The number of carbonyl (C=O) groups is 3. The van der Waals surface area contributed by atoms with Gasteiger partial charge in [-0.25, -0.2) is 9.18 Å². The number of hydrogen-bond acceptors (Lipinski definition) is 5. The summed E-state index contributed by atoms with van der Waals surface area (Å²) in [5.41, 5.74) is 2.89. The van der Waals surface area contributed by atoms with Crippen molar-refractivity contribution in [3.05, 3.63) is 113 Å². The van der Waals surface area contributed by atoms with Crippen molar-refractivity contribution in [1.82, 2.24) is 5.32 Å². The van der Waals surface area contributed by atoms with Crippen LogP contribution in [0.2, 0.25) is 0 Å². The number of nitrogens with one attached hydrogen (secondary N) is 1. The van der Waals surface area contributed by atoms with Crippen LogP contribution in [0.1, 0.15) is 18.1 Å². The van der Waals surface area contributed by atoms with Crippen LogP contribution in [0.3, 0.4) is 0 Å². The number of halogens is 1. The minimum atomic E-state index is -0.648. The van der Waals surface area contributed by atoms with Gasteiger partial charge in [0.2, 0.25) is 0 Å². The first kappa shape index (κ1) is 26.3. The first-order valence-electron chi connectivity index (χ1n) is 12.0. The van der Waals surface area contributed by atoms with Crippen LogP contribution in [0.25, 0.3) is 6.08 Å². The number of amides is 2. The molecule has 3 aromatic rings. The maximum atomic E-state index is 13.4. The van der Waals surface area contributed by atoms with Crippen molar-refractivity contribution in [3.8, 4) is 5.75 Å². The number of methoxy groups -OCH3 is 1. The molecule has 0 saturated heterocycles. The largest absolute Gasteiger partial charge is 0.484 e. The van der Waals surface area contributed by atoms with E-state index in [0.29, 0.717) is 29.2 Å². The Bertz CT molecular complexity index is 1380. The van der Waals surface area contributed by atoms with Gasteiger partial charge in [0, 0.05) is 17.9 Å². The number of nitrogens with zero attached hydrogens (tertiary/aromatic N) is 1. The van der Waals surface area contributed by atoms with E-state index in [9.17, 15) is 18.8 Å². The minimum Gasteiger partial charge on any atom is -0.484 e. The molecule has 1 aliphatic heterocycles. The van der Waals surface area contributed by atoms with Gasteiger partial charge in [0.1, 0.15) is 11.6 Å². The van der Waals surface area contributed by atoms with E-state index in [4.69, 9.17) is 9.47 Å². The normalized spacial score (nSPS) is 14.1. The topological polar surface area (TPSA) is 84.9 Å². The van der Waals surface area contributed by atoms with Gasteiger partial charge in [-0.15, -0.1) is 0 Å². The zero-order valence-electron chi connectivity index (χ0n) is 21.1. The van der Waals surface area contributed by atoms with Crippen LogP contribution in [0.4, 0.5) is 10.1 Å². The monoisotopic (exact) mass is 514 g/mol. The summed E-state index contributed by atoms with van der Waals surface area (Å²) in [6, 6.07) is 22.1. The molecule has 8 heteroatoms. The number of anilines is 1. The maximum Gasteiger partial charge on any atom is 0.340 e. The van der Waals surface area contributed by atoms with Crippen molar-refractivity contribution in [1.29, 1.82) is 0 Å². The van der Waals surface area contributed by atoms with Gasteiger partial charge in [0.15, 0.2) is 6.61 Å². The van der Waals surface area contributed by atoms with E-state index in [1.807, 2.05) is 30.3 Å². The van der Waals surface area contributed by atoms with E-state index in [0.717, 1.165) is 12.0 Å². The molecule has 0 unspecified atom stereocenters. The number of benzene rings is 3. The fourth-order valence-corrected chi connectivity index (χ4v) is 4.10. The Kier molecular flexibility index (Phi) is 8.33. The van der Waals surface area contributed by atoms with Crippen molar-refractivity contribution in [2.45, 2.75) is 13.3 Å². The molecular formula is C30H27FN2O5. The van der Waals surface area contributed by atoms with Crippen molar-refractivity contribution in [2.24, 2.45) is 0 Å². The van der Waals surface area contributed by atoms with Gasteiger partial charge in [-0.1, -0.05) is 42.5 Å². The van der Waals surface area contributed by atoms with Crippen molar-refractivity contribution in [3.63, 3.8) is 0 Å². The third-order valence-corrected chi connectivity index (χ3v) is 6.01. The summed E-state index contributed by atoms with van der Waals surface area (Å²) in [6.07, 6.45) is 2.32. The maximum absolute atomic E-state index is 13.4. The fourth-order valence-electron chi connectivity index (χ4n) is 4.10.